The number of imidazole rings is 1. The van der Waals surface area contributed by atoms with E-state index in [1.807, 2.05) is 10.3 Å². The first-order valence-corrected chi connectivity index (χ1v) is 9.67. The van der Waals surface area contributed by atoms with Crippen LogP contribution in [-0.2, 0) is 6.42 Å². The Morgan fingerprint density at radius 3 is 3.19 bits per heavy atom. The van der Waals surface area contributed by atoms with Gasteiger partial charge in [-0.25, -0.2) is 19.2 Å². The molecule has 26 heavy (non-hydrogen) atoms. The van der Waals surface area contributed by atoms with E-state index in [-0.39, 0.29) is 17.9 Å². The number of likely N-dealkylation sites (tertiary alicyclic amines) is 1. The molecule has 2 amide bonds. The molecule has 1 aromatic carbocycles. The van der Waals surface area contributed by atoms with Gasteiger partial charge in [0.1, 0.15) is 16.6 Å². The minimum atomic E-state index is -0.292. The predicted molar refractivity (Wildman–Crippen MR) is 98.6 cm³/mol. The van der Waals surface area contributed by atoms with E-state index in [1.165, 1.54) is 12.1 Å². The fraction of sp³-hybridized carbons (Fsp3) is 0.389. The van der Waals surface area contributed by atoms with E-state index in [0.29, 0.717) is 18.5 Å². The number of amides is 2. The molecule has 2 aromatic heterocycles. The fourth-order valence-electron chi connectivity index (χ4n) is 3.37. The molecule has 6 nitrogen and oxygen atoms in total. The van der Waals surface area contributed by atoms with Crippen molar-refractivity contribution in [2.75, 3.05) is 13.1 Å². The number of thiazole rings is 1. The van der Waals surface area contributed by atoms with Crippen LogP contribution >= 0.6 is 11.3 Å². The number of urea groups is 1. The summed E-state index contributed by atoms with van der Waals surface area (Å²) >= 11 is 1.60. The Bertz CT molecular complexity index is 894. The normalized spacial score (nSPS) is 17.6. The molecule has 1 aliphatic rings. The number of carbonyl (C=O) groups excluding carboxylic acids is 1. The van der Waals surface area contributed by atoms with Crippen molar-refractivity contribution in [3.63, 3.8) is 0 Å². The number of benzene rings is 1. The van der Waals surface area contributed by atoms with Crippen LogP contribution in [0.4, 0.5) is 9.18 Å². The van der Waals surface area contributed by atoms with E-state index in [1.54, 1.807) is 23.6 Å². The molecule has 3 heterocycles. The minimum Gasteiger partial charge on any atom is -0.342 e. The molecular formula is C18H20FN5OS. The van der Waals surface area contributed by atoms with Crippen LogP contribution < -0.4 is 5.32 Å². The summed E-state index contributed by atoms with van der Waals surface area (Å²) in [5.41, 5.74) is 1.40. The maximum Gasteiger partial charge on any atom is 0.318 e. The van der Waals surface area contributed by atoms with E-state index >= 15 is 0 Å². The second-order valence-corrected chi connectivity index (χ2v) is 7.33. The molecule has 1 atom stereocenters. The van der Waals surface area contributed by atoms with Gasteiger partial charge in [-0.15, -0.1) is 11.3 Å². The third kappa shape index (κ3) is 3.55. The predicted octanol–water partition coefficient (Wildman–Crippen LogP) is 3.64. The molecule has 1 fully saturated rings. The Labute approximate surface area is 154 Å². The summed E-state index contributed by atoms with van der Waals surface area (Å²) in [7, 11) is 0. The first-order chi connectivity index (χ1) is 12.7. The summed E-state index contributed by atoms with van der Waals surface area (Å²) in [6.07, 6.45) is 5.44. The molecule has 3 aromatic rings. The monoisotopic (exact) mass is 373 g/mol. The average molecular weight is 373 g/mol. The van der Waals surface area contributed by atoms with E-state index in [9.17, 15) is 9.18 Å². The number of H-pyrrole nitrogens is 1. The van der Waals surface area contributed by atoms with Crippen molar-refractivity contribution < 1.29 is 9.18 Å². The van der Waals surface area contributed by atoms with E-state index in [0.717, 1.165) is 42.2 Å². The van der Waals surface area contributed by atoms with Crippen LogP contribution in [0.25, 0.3) is 11.0 Å². The van der Waals surface area contributed by atoms with Crippen LogP contribution in [0.2, 0.25) is 0 Å². The second-order valence-electron chi connectivity index (χ2n) is 6.40. The van der Waals surface area contributed by atoms with Crippen molar-refractivity contribution in [1.29, 1.82) is 0 Å². The van der Waals surface area contributed by atoms with Crippen LogP contribution in [0.1, 0.15) is 36.1 Å². The molecule has 0 spiro atoms. The number of hydrogen-bond acceptors (Lipinski definition) is 4. The minimum absolute atomic E-state index is 0.0629. The summed E-state index contributed by atoms with van der Waals surface area (Å²) in [5, 5.41) is 5.93. The van der Waals surface area contributed by atoms with E-state index in [2.05, 4.69) is 20.3 Å². The molecule has 0 unspecified atom stereocenters. The van der Waals surface area contributed by atoms with Gasteiger partial charge in [0.2, 0.25) is 0 Å². The van der Waals surface area contributed by atoms with Gasteiger partial charge in [-0.05, 0) is 37.5 Å². The van der Waals surface area contributed by atoms with Gasteiger partial charge in [0.05, 0.1) is 17.1 Å². The number of nitrogens with zero attached hydrogens (tertiary/aromatic N) is 3. The Morgan fingerprint density at radius 1 is 1.42 bits per heavy atom. The van der Waals surface area contributed by atoms with Crippen molar-refractivity contribution in [3.8, 4) is 0 Å². The highest BCUT2D eigenvalue weighted by molar-refractivity contribution is 7.09. The highest BCUT2D eigenvalue weighted by atomic mass is 32.1. The standard InChI is InChI=1S/C18H20FN5OS/c19-12-4-5-13-14(11-12)23-16(22-13)6-7-21-18(25)24-9-2-1-3-15(24)17-20-8-10-26-17/h4-5,8,10-11,15H,1-3,6-7,9H2,(H,21,25)(H,22,23)/t15-/m0/s1. The lowest BCUT2D eigenvalue weighted by Gasteiger charge is -2.34. The Balaban J connectivity index is 1.36. The zero-order valence-electron chi connectivity index (χ0n) is 14.2. The smallest absolute Gasteiger partial charge is 0.318 e. The second kappa shape index (κ2) is 7.41. The van der Waals surface area contributed by atoms with E-state index < -0.39 is 0 Å². The molecule has 0 aliphatic carbocycles. The highest BCUT2D eigenvalue weighted by Crippen LogP contribution is 2.31. The Kier molecular flexibility index (Phi) is 4.83. The zero-order valence-corrected chi connectivity index (χ0v) is 15.1. The zero-order chi connectivity index (χ0) is 17.9. The molecular weight excluding hydrogens is 353 g/mol. The maximum absolute atomic E-state index is 13.2. The summed E-state index contributed by atoms with van der Waals surface area (Å²) in [5.74, 6) is 0.445. The molecule has 0 saturated carbocycles. The number of rotatable bonds is 4. The summed E-state index contributed by atoms with van der Waals surface area (Å²) in [6.45, 7) is 1.22. The lowest BCUT2D eigenvalue weighted by Crippen LogP contribution is -2.45. The average Bonchev–Trinajstić information content (AvgIpc) is 3.30. The summed E-state index contributed by atoms with van der Waals surface area (Å²) in [6, 6.07) is 4.47. The molecule has 8 heteroatoms. The van der Waals surface area contributed by atoms with Gasteiger partial charge in [0.15, 0.2) is 0 Å². The van der Waals surface area contributed by atoms with E-state index in [4.69, 9.17) is 0 Å². The molecule has 2 N–H and O–H groups in total. The molecule has 0 bridgehead atoms. The van der Waals surface area contributed by atoms with Crippen LogP contribution in [0.15, 0.2) is 29.8 Å². The summed E-state index contributed by atoms with van der Waals surface area (Å²) < 4.78 is 13.2. The van der Waals surface area contributed by atoms with Gasteiger partial charge < -0.3 is 15.2 Å². The number of carbonyl (C=O) groups is 1. The van der Waals surface area contributed by atoms with Crippen LogP contribution in [0, 0.1) is 5.82 Å². The number of piperidine rings is 1. The number of halogens is 1. The number of fused-ring (bicyclic) bond motifs is 1. The van der Waals surface area contributed by atoms with Gasteiger partial charge in [-0.3, -0.25) is 0 Å². The third-order valence-electron chi connectivity index (χ3n) is 4.63. The Morgan fingerprint density at radius 2 is 2.35 bits per heavy atom. The number of nitrogens with one attached hydrogen (secondary N) is 2. The van der Waals surface area contributed by atoms with Gasteiger partial charge >= 0.3 is 6.03 Å². The number of aromatic amines is 1. The SMILES string of the molecule is O=C(NCCc1nc2ccc(F)cc2[nH]1)N1CCCC[C@H]1c1nccs1. The maximum atomic E-state index is 13.2. The lowest BCUT2D eigenvalue weighted by molar-refractivity contribution is 0.151. The first kappa shape index (κ1) is 17.0. The number of hydrogen-bond donors (Lipinski definition) is 2. The third-order valence-corrected chi connectivity index (χ3v) is 5.51. The largest absolute Gasteiger partial charge is 0.342 e. The summed E-state index contributed by atoms with van der Waals surface area (Å²) in [4.78, 5) is 26.4. The van der Waals surface area contributed by atoms with Crippen LogP contribution in [0.5, 0.6) is 0 Å². The van der Waals surface area contributed by atoms with Gasteiger partial charge in [-0.2, -0.15) is 0 Å². The van der Waals surface area contributed by atoms with Gasteiger partial charge in [0.25, 0.3) is 0 Å². The van der Waals surface area contributed by atoms with Gasteiger partial charge in [-0.1, -0.05) is 0 Å². The lowest BCUT2D eigenvalue weighted by atomic mass is 10.0. The molecule has 0 radical (unpaired) electrons. The number of aromatic nitrogens is 3. The molecule has 1 saturated heterocycles. The van der Waals surface area contributed by atoms with Crippen molar-refractivity contribution in [2.45, 2.75) is 31.7 Å². The molecule has 136 valence electrons. The van der Waals surface area contributed by atoms with Crippen molar-refractivity contribution in [1.82, 2.24) is 25.2 Å². The molecule has 1 aliphatic heterocycles. The van der Waals surface area contributed by atoms with Crippen molar-refractivity contribution in [3.05, 3.63) is 46.4 Å². The topological polar surface area (TPSA) is 73.9 Å². The van der Waals surface area contributed by atoms with Crippen molar-refractivity contribution >= 4 is 28.4 Å². The van der Waals surface area contributed by atoms with Crippen LogP contribution in [0.3, 0.4) is 0 Å². The quantitative estimate of drug-likeness (QED) is 0.733. The Hall–Kier alpha value is -2.48. The molecule has 4 rings (SSSR count). The fourth-order valence-corrected chi connectivity index (χ4v) is 4.16. The van der Waals surface area contributed by atoms with Gasteiger partial charge in [0, 0.05) is 31.1 Å². The van der Waals surface area contributed by atoms with Crippen molar-refractivity contribution in [2.24, 2.45) is 0 Å². The van der Waals surface area contributed by atoms with Crippen LogP contribution in [-0.4, -0.2) is 39.0 Å². The highest BCUT2D eigenvalue weighted by Gasteiger charge is 2.29. The first-order valence-electron chi connectivity index (χ1n) is 8.79.